The molecule has 0 saturated carbocycles. The van der Waals surface area contributed by atoms with Crippen LogP contribution < -0.4 is 11.5 Å². The molecule has 2 aromatic rings. The number of ether oxygens (including phenoxy) is 2. The summed E-state index contributed by atoms with van der Waals surface area (Å²) in [7, 11) is 0. The first-order chi connectivity index (χ1) is 12.4. The van der Waals surface area contributed by atoms with Crippen molar-refractivity contribution in [2.45, 2.75) is 37.0 Å². The fraction of sp³-hybridized carbons (Fsp3) is 0.571. The molecule has 1 saturated heterocycles. The van der Waals surface area contributed by atoms with E-state index in [1.807, 2.05) is 0 Å². The lowest BCUT2D eigenvalue weighted by Gasteiger charge is -2.17. The molecule has 2 aromatic heterocycles. The zero-order valence-corrected chi connectivity index (χ0v) is 14.6. The molecule has 5 atom stereocenters. The number of nitrogens with two attached hydrogens (primary N) is 2. The molecule has 6 N–H and O–H groups in total. The fourth-order valence-electron chi connectivity index (χ4n) is 2.68. The average Bonchev–Trinajstić information content (AvgIpc) is 3.16. The van der Waals surface area contributed by atoms with Crippen molar-refractivity contribution >= 4 is 35.6 Å². The summed E-state index contributed by atoms with van der Waals surface area (Å²) < 4.78 is 12.2. The predicted octanol–water partition coefficient (Wildman–Crippen LogP) is -1.78. The molecule has 0 radical (unpaired) electrons. The van der Waals surface area contributed by atoms with Crippen LogP contribution in [0, 0.1) is 0 Å². The average molecular weight is 384 g/mol. The molecule has 1 fully saturated rings. The molecule has 0 aliphatic carbocycles. The second-order valence-corrected chi connectivity index (χ2v) is 6.33. The van der Waals surface area contributed by atoms with Gasteiger partial charge in [0.05, 0.1) is 6.33 Å². The number of fused-ring (bicyclic) bond motifs is 1. The summed E-state index contributed by atoms with van der Waals surface area (Å²) in [6.45, 7) is -0.252. The van der Waals surface area contributed by atoms with Crippen molar-refractivity contribution in [1.82, 2.24) is 19.5 Å². The molecule has 0 aromatic carbocycles. The molecule has 0 unspecified atom stereocenters. The van der Waals surface area contributed by atoms with Crippen LogP contribution in [0.2, 0.25) is 0 Å². The molecule has 26 heavy (non-hydrogen) atoms. The van der Waals surface area contributed by atoms with Crippen molar-refractivity contribution in [2.24, 2.45) is 5.73 Å². The predicted molar refractivity (Wildman–Crippen MR) is 93.1 cm³/mol. The number of rotatable bonds is 6. The zero-order valence-electron chi connectivity index (χ0n) is 13.7. The van der Waals surface area contributed by atoms with E-state index in [0.717, 1.165) is 0 Å². The van der Waals surface area contributed by atoms with Gasteiger partial charge in [0.2, 0.25) is 0 Å². The van der Waals surface area contributed by atoms with Crippen molar-refractivity contribution in [1.29, 1.82) is 0 Å². The Morgan fingerprint density at radius 3 is 2.88 bits per heavy atom. The first-order valence-corrected chi connectivity index (χ1v) is 8.55. The zero-order chi connectivity index (χ0) is 18.8. The Hall–Kier alpha value is -1.99. The molecular formula is C14H20N6O5S. The molecule has 1 aliphatic rings. The van der Waals surface area contributed by atoms with Crippen LogP contribution in [-0.2, 0) is 14.3 Å². The van der Waals surface area contributed by atoms with Crippen LogP contribution in [0.15, 0.2) is 12.7 Å². The van der Waals surface area contributed by atoms with Gasteiger partial charge in [-0.25, -0.2) is 15.0 Å². The molecule has 1 aliphatic heterocycles. The van der Waals surface area contributed by atoms with Crippen LogP contribution in [0.5, 0.6) is 0 Å². The van der Waals surface area contributed by atoms with Gasteiger partial charge in [-0.2, -0.15) is 12.6 Å². The number of nitrogens with zero attached hydrogens (tertiary/aromatic N) is 4. The van der Waals surface area contributed by atoms with Crippen LogP contribution in [0.3, 0.4) is 0 Å². The summed E-state index contributed by atoms with van der Waals surface area (Å²) in [5.74, 6) is 0.00464. The van der Waals surface area contributed by atoms with Gasteiger partial charge in [-0.3, -0.25) is 9.36 Å². The largest absolute Gasteiger partial charge is 0.462 e. The van der Waals surface area contributed by atoms with E-state index in [4.69, 9.17) is 20.9 Å². The monoisotopic (exact) mass is 384 g/mol. The number of esters is 1. The number of imidazole rings is 1. The van der Waals surface area contributed by atoms with Gasteiger partial charge in [-0.15, -0.1) is 0 Å². The highest BCUT2D eigenvalue weighted by atomic mass is 32.1. The summed E-state index contributed by atoms with van der Waals surface area (Å²) in [6, 6.07) is -0.802. The number of hydrogen-bond acceptors (Lipinski definition) is 11. The van der Waals surface area contributed by atoms with Crippen molar-refractivity contribution in [3.63, 3.8) is 0 Å². The van der Waals surface area contributed by atoms with E-state index in [-0.39, 0.29) is 12.4 Å². The number of aromatic nitrogens is 4. The van der Waals surface area contributed by atoms with Gasteiger partial charge in [0, 0.05) is 0 Å². The molecule has 3 rings (SSSR count). The number of thiol groups is 1. The van der Waals surface area contributed by atoms with E-state index in [2.05, 4.69) is 27.6 Å². The standard InChI is InChI=1S/C14H20N6O5S/c15-6(1-2-26)14(23)24-3-7-9(21)10(22)13(25-7)20-5-19-8-11(16)17-4-18-12(8)20/h4-7,9-10,13,21-22,26H,1-3,15H2,(H2,16,17,18)/t6-,7+,9+,10+,13+/m0/s1. The first-order valence-electron chi connectivity index (χ1n) is 7.91. The van der Waals surface area contributed by atoms with Crippen molar-refractivity contribution < 1.29 is 24.5 Å². The van der Waals surface area contributed by atoms with Crippen LogP contribution >= 0.6 is 12.6 Å². The number of carbonyl (C=O) groups excluding carboxylic acids is 1. The van der Waals surface area contributed by atoms with E-state index >= 15 is 0 Å². The third-order valence-corrected chi connectivity index (χ3v) is 4.39. The fourth-order valence-corrected chi connectivity index (χ4v) is 2.96. The first kappa shape index (κ1) is 18.8. The van der Waals surface area contributed by atoms with Gasteiger partial charge < -0.3 is 31.2 Å². The Bertz CT molecular complexity index is 788. The maximum atomic E-state index is 11.8. The summed E-state index contributed by atoms with van der Waals surface area (Å²) in [6.07, 6.45) is -1.45. The van der Waals surface area contributed by atoms with Gasteiger partial charge >= 0.3 is 5.97 Å². The van der Waals surface area contributed by atoms with E-state index in [9.17, 15) is 15.0 Å². The Morgan fingerprint density at radius 1 is 1.38 bits per heavy atom. The molecule has 12 heteroatoms. The van der Waals surface area contributed by atoms with Crippen molar-refractivity contribution in [3.05, 3.63) is 12.7 Å². The Kier molecular flexibility index (Phi) is 5.58. The third-order valence-electron chi connectivity index (χ3n) is 4.13. The second kappa shape index (κ2) is 7.72. The highest BCUT2D eigenvalue weighted by molar-refractivity contribution is 7.80. The normalized spacial score (nSPS) is 26.9. The lowest BCUT2D eigenvalue weighted by Crippen LogP contribution is -2.38. The Morgan fingerprint density at radius 2 is 2.15 bits per heavy atom. The van der Waals surface area contributed by atoms with Gasteiger partial charge in [-0.05, 0) is 12.2 Å². The minimum Gasteiger partial charge on any atom is -0.462 e. The molecular weight excluding hydrogens is 364 g/mol. The minimum absolute atomic E-state index is 0.186. The summed E-state index contributed by atoms with van der Waals surface area (Å²) in [4.78, 5) is 23.8. The maximum absolute atomic E-state index is 11.8. The molecule has 0 bridgehead atoms. The van der Waals surface area contributed by atoms with E-state index in [1.165, 1.54) is 17.2 Å². The van der Waals surface area contributed by atoms with E-state index in [0.29, 0.717) is 23.3 Å². The second-order valence-electron chi connectivity index (χ2n) is 5.88. The Labute approximate surface area is 153 Å². The lowest BCUT2D eigenvalue weighted by molar-refractivity contribution is -0.151. The topological polar surface area (TPSA) is 172 Å². The molecule has 11 nitrogen and oxygen atoms in total. The van der Waals surface area contributed by atoms with Gasteiger partial charge in [-0.1, -0.05) is 0 Å². The number of nitrogen functional groups attached to an aromatic ring is 1. The molecule has 142 valence electrons. The number of aliphatic hydroxyl groups excluding tert-OH is 2. The SMILES string of the molecule is Nc1ncnc2c1ncn2[C@@H]1O[C@H](COC(=O)[C@@H](N)CCS)[C@@H](O)[C@H]1O. The van der Waals surface area contributed by atoms with Gasteiger partial charge in [0.1, 0.15) is 42.8 Å². The summed E-state index contributed by atoms with van der Waals surface area (Å²) >= 11 is 4.01. The van der Waals surface area contributed by atoms with Crippen LogP contribution in [-0.4, -0.2) is 72.4 Å². The quantitative estimate of drug-likeness (QED) is 0.283. The number of hydrogen-bond donors (Lipinski definition) is 5. The highest BCUT2D eigenvalue weighted by Crippen LogP contribution is 2.32. The van der Waals surface area contributed by atoms with E-state index < -0.39 is 36.6 Å². The van der Waals surface area contributed by atoms with E-state index in [1.54, 1.807) is 0 Å². The Balaban J connectivity index is 1.71. The molecule has 0 spiro atoms. The minimum atomic E-state index is -1.28. The molecule has 0 amide bonds. The molecule has 3 heterocycles. The smallest absolute Gasteiger partial charge is 0.323 e. The van der Waals surface area contributed by atoms with Crippen molar-refractivity contribution in [3.8, 4) is 0 Å². The number of carbonyl (C=O) groups is 1. The summed E-state index contributed by atoms with van der Waals surface area (Å²) in [5, 5.41) is 20.5. The van der Waals surface area contributed by atoms with Crippen LogP contribution in [0.4, 0.5) is 5.82 Å². The van der Waals surface area contributed by atoms with Gasteiger partial charge in [0.15, 0.2) is 17.7 Å². The third kappa shape index (κ3) is 3.46. The van der Waals surface area contributed by atoms with Gasteiger partial charge in [0.25, 0.3) is 0 Å². The lowest BCUT2D eigenvalue weighted by atomic mass is 10.1. The number of anilines is 1. The van der Waals surface area contributed by atoms with Crippen molar-refractivity contribution in [2.75, 3.05) is 18.1 Å². The van der Waals surface area contributed by atoms with Crippen LogP contribution in [0.1, 0.15) is 12.6 Å². The highest BCUT2D eigenvalue weighted by Gasteiger charge is 2.45. The summed E-state index contributed by atoms with van der Waals surface area (Å²) in [5.41, 5.74) is 12.1. The maximum Gasteiger partial charge on any atom is 0.323 e. The van der Waals surface area contributed by atoms with Crippen LogP contribution in [0.25, 0.3) is 11.2 Å². The number of aliphatic hydroxyl groups is 2.